The Kier molecular flexibility index (Phi) is 2.77. The van der Waals surface area contributed by atoms with E-state index in [1.165, 1.54) is 0 Å². The van der Waals surface area contributed by atoms with Crippen molar-refractivity contribution in [2.24, 2.45) is 5.73 Å². The third kappa shape index (κ3) is 1.75. The quantitative estimate of drug-likeness (QED) is 0.555. The van der Waals surface area contributed by atoms with E-state index in [9.17, 15) is 4.39 Å². The summed E-state index contributed by atoms with van der Waals surface area (Å²) in [6.45, 7) is 3.24. The van der Waals surface area contributed by atoms with Crippen LogP contribution >= 0.6 is 0 Å². The molecule has 0 spiro atoms. The summed E-state index contributed by atoms with van der Waals surface area (Å²) in [5, 5.41) is 6.71. The highest BCUT2D eigenvalue weighted by atomic mass is 19.1. The van der Waals surface area contributed by atoms with Crippen molar-refractivity contribution in [1.29, 1.82) is 5.41 Å². The number of nitrogens with one attached hydrogen (secondary N) is 1. The molecule has 0 fully saturated rings. The lowest BCUT2D eigenvalue weighted by molar-refractivity contribution is 0.217. The van der Waals surface area contributed by atoms with Crippen molar-refractivity contribution in [1.82, 2.24) is 0 Å². The molecule has 0 aliphatic heterocycles. The Hall–Kier alpha value is -0.440. The van der Waals surface area contributed by atoms with Crippen molar-refractivity contribution in [2.45, 2.75) is 32.0 Å². The van der Waals surface area contributed by atoms with Gasteiger partial charge in [-0.2, -0.15) is 0 Å². The largest absolute Gasteiger partial charge is 0.325 e. The Labute approximate surface area is 54.8 Å². The van der Waals surface area contributed by atoms with Crippen molar-refractivity contribution in [3.8, 4) is 0 Å². The van der Waals surface area contributed by atoms with E-state index in [4.69, 9.17) is 11.1 Å². The Morgan fingerprint density at radius 3 is 2.33 bits per heavy atom. The first kappa shape index (κ1) is 8.56. The molecule has 0 amide bonds. The van der Waals surface area contributed by atoms with Crippen LogP contribution in [0.5, 0.6) is 0 Å². The van der Waals surface area contributed by atoms with Crippen LogP contribution in [0.1, 0.15) is 20.3 Å². The molecule has 2 unspecified atom stereocenters. The van der Waals surface area contributed by atoms with Gasteiger partial charge in [0, 0.05) is 12.3 Å². The van der Waals surface area contributed by atoms with E-state index in [-0.39, 0.29) is 6.42 Å². The smallest absolute Gasteiger partial charge is 0.159 e. The maximum Gasteiger partial charge on any atom is 0.159 e. The first-order valence-electron chi connectivity index (χ1n) is 3.03. The van der Waals surface area contributed by atoms with E-state index < -0.39 is 11.7 Å². The van der Waals surface area contributed by atoms with Crippen LogP contribution in [0.4, 0.5) is 4.39 Å². The molecule has 0 aliphatic rings. The second-order valence-electron chi connectivity index (χ2n) is 2.21. The summed E-state index contributed by atoms with van der Waals surface area (Å²) >= 11 is 0. The summed E-state index contributed by atoms with van der Waals surface area (Å²) in [7, 11) is 0. The molecule has 0 aromatic carbocycles. The molecule has 9 heavy (non-hydrogen) atoms. The second kappa shape index (κ2) is 2.92. The SMILES string of the molecule is CCC(F)(C=N)C(C)N. The lowest BCUT2D eigenvalue weighted by Crippen LogP contribution is -2.42. The van der Waals surface area contributed by atoms with Gasteiger partial charge >= 0.3 is 0 Å². The molecule has 54 valence electrons. The van der Waals surface area contributed by atoms with Gasteiger partial charge in [-0.3, -0.25) is 0 Å². The molecule has 0 aliphatic carbocycles. The van der Waals surface area contributed by atoms with Gasteiger partial charge in [-0.1, -0.05) is 6.92 Å². The van der Waals surface area contributed by atoms with Crippen LogP contribution in [0.3, 0.4) is 0 Å². The molecular weight excluding hydrogens is 119 g/mol. The normalized spacial score (nSPS) is 20.4. The zero-order valence-electron chi connectivity index (χ0n) is 5.82. The fourth-order valence-corrected chi connectivity index (χ4v) is 0.555. The van der Waals surface area contributed by atoms with Gasteiger partial charge < -0.3 is 11.1 Å². The monoisotopic (exact) mass is 132 g/mol. The number of hydrogen-bond donors (Lipinski definition) is 2. The number of nitrogens with two attached hydrogens (primary N) is 1. The molecule has 0 bridgehead atoms. The van der Waals surface area contributed by atoms with Gasteiger partial charge in [0.05, 0.1) is 0 Å². The highest BCUT2D eigenvalue weighted by molar-refractivity contribution is 5.66. The van der Waals surface area contributed by atoms with Gasteiger partial charge in [0.25, 0.3) is 0 Å². The molecule has 0 rings (SSSR count). The lowest BCUT2D eigenvalue weighted by Gasteiger charge is -2.21. The maximum atomic E-state index is 13.0. The Balaban J connectivity index is 4.08. The zero-order valence-corrected chi connectivity index (χ0v) is 5.82. The van der Waals surface area contributed by atoms with Crippen LogP contribution < -0.4 is 5.73 Å². The van der Waals surface area contributed by atoms with Crippen molar-refractivity contribution in [2.75, 3.05) is 0 Å². The van der Waals surface area contributed by atoms with Crippen LogP contribution in [0, 0.1) is 5.41 Å². The molecular formula is C6H13FN2. The Morgan fingerprint density at radius 2 is 2.33 bits per heavy atom. The van der Waals surface area contributed by atoms with Crippen molar-refractivity contribution in [3.05, 3.63) is 0 Å². The van der Waals surface area contributed by atoms with Gasteiger partial charge in [-0.25, -0.2) is 4.39 Å². The average Bonchev–Trinajstić information content (AvgIpc) is 1.86. The second-order valence-corrected chi connectivity index (χ2v) is 2.21. The molecule has 2 nitrogen and oxygen atoms in total. The number of hydrogen-bond acceptors (Lipinski definition) is 2. The van der Waals surface area contributed by atoms with Crippen LogP contribution in [0.2, 0.25) is 0 Å². The predicted molar refractivity (Wildman–Crippen MR) is 36.6 cm³/mol. The van der Waals surface area contributed by atoms with Crippen molar-refractivity contribution in [3.63, 3.8) is 0 Å². The van der Waals surface area contributed by atoms with E-state index in [1.807, 2.05) is 0 Å². The van der Waals surface area contributed by atoms with Gasteiger partial charge in [-0.15, -0.1) is 0 Å². The predicted octanol–water partition coefficient (Wildman–Crippen LogP) is 1.10. The molecule has 0 radical (unpaired) electrons. The topological polar surface area (TPSA) is 49.9 Å². The lowest BCUT2D eigenvalue weighted by atomic mass is 9.97. The molecule has 0 aromatic rings. The molecule has 0 heterocycles. The van der Waals surface area contributed by atoms with Crippen LogP contribution in [0.15, 0.2) is 0 Å². The van der Waals surface area contributed by atoms with Gasteiger partial charge in [0.1, 0.15) is 0 Å². The van der Waals surface area contributed by atoms with Gasteiger partial charge in [0.15, 0.2) is 5.67 Å². The number of rotatable bonds is 3. The summed E-state index contributed by atoms with van der Waals surface area (Å²) in [5.74, 6) is 0. The first-order chi connectivity index (χ1) is 4.06. The first-order valence-corrected chi connectivity index (χ1v) is 3.03. The minimum Gasteiger partial charge on any atom is -0.325 e. The van der Waals surface area contributed by atoms with Crippen molar-refractivity contribution < 1.29 is 4.39 Å². The van der Waals surface area contributed by atoms with Gasteiger partial charge in [-0.05, 0) is 13.3 Å². The van der Waals surface area contributed by atoms with Gasteiger partial charge in [0.2, 0.25) is 0 Å². The molecule has 3 N–H and O–H groups in total. The molecule has 0 saturated carbocycles. The average molecular weight is 132 g/mol. The van der Waals surface area contributed by atoms with E-state index in [2.05, 4.69) is 0 Å². The zero-order chi connectivity index (χ0) is 7.49. The highest BCUT2D eigenvalue weighted by Gasteiger charge is 2.28. The van der Waals surface area contributed by atoms with Crippen LogP contribution in [-0.4, -0.2) is 17.9 Å². The Bertz CT molecular complexity index is 103. The fraction of sp³-hybridized carbons (Fsp3) is 0.833. The summed E-state index contributed by atoms with van der Waals surface area (Å²) < 4.78 is 13.0. The number of alkyl halides is 1. The minimum atomic E-state index is -1.60. The molecule has 0 aromatic heterocycles. The van der Waals surface area contributed by atoms with E-state index in [0.717, 1.165) is 6.21 Å². The summed E-state index contributed by atoms with van der Waals surface area (Å²) in [6.07, 6.45) is 1.05. The van der Waals surface area contributed by atoms with Crippen LogP contribution in [-0.2, 0) is 0 Å². The fourth-order valence-electron chi connectivity index (χ4n) is 0.555. The van der Waals surface area contributed by atoms with E-state index >= 15 is 0 Å². The minimum absolute atomic E-state index is 0.272. The standard InChI is InChI=1S/C6H13FN2/c1-3-6(7,4-8)5(2)9/h4-5,8H,3,9H2,1-2H3. The highest BCUT2D eigenvalue weighted by Crippen LogP contribution is 2.15. The summed E-state index contributed by atoms with van der Waals surface area (Å²) in [5.41, 5.74) is 3.67. The Morgan fingerprint density at radius 1 is 1.89 bits per heavy atom. The third-order valence-electron chi connectivity index (χ3n) is 1.54. The third-order valence-corrected chi connectivity index (χ3v) is 1.54. The molecule has 0 saturated heterocycles. The number of halogens is 1. The van der Waals surface area contributed by atoms with E-state index in [0.29, 0.717) is 0 Å². The molecule has 3 heteroatoms. The van der Waals surface area contributed by atoms with Crippen molar-refractivity contribution >= 4 is 6.21 Å². The maximum absolute atomic E-state index is 13.0. The molecule has 2 atom stereocenters. The summed E-state index contributed by atoms with van der Waals surface area (Å²) in [6, 6.07) is -0.583. The van der Waals surface area contributed by atoms with Crippen LogP contribution in [0.25, 0.3) is 0 Å². The summed E-state index contributed by atoms with van der Waals surface area (Å²) in [4.78, 5) is 0. The van der Waals surface area contributed by atoms with E-state index in [1.54, 1.807) is 13.8 Å².